The summed E-state index contributed by atoms with van der Waals surface area (Å²) in [6, 6.07) is 2.57. The van der Waals surface area contributed by atoms with Gasteiger partial charge in [-0.1, -0.05) is 0 Å². The third-order valence-corrected chi connectivity index (χ3v) is 4.17. The van der Waals surface area contributed by atoms with Gasteiger partial charge in [-0.05, 0) is 38.8 Å². The van der Waals surface area contributed by atoms with Gasteiger partial charge in [0.2, 0.25) is 0 Å². The molecular weight excluding hydrogens is 298 g/mol. The summed E-state index contributed by atoms with van der Waals surface area (Å²) in [7, 11) is 0. The Morgan fingerprint density at radius 1 is 1.48 bits per heavy atom. The molecular formula is C15H17ClF2N2O. The molecule has 2 aromatic rings. The molecule has 3 rings (SSSR count). The van der Waals surface area contributed by atoms with Crippen molar-refractivity contribution in [1.82, 2.24) is 9.55 Å². The van der Waals surface area contributed by atoms with E-state index in [0.29, 0.717) is 24.5 Å². The van der Waals surface area contributed by atoms with Crippen molar-refractivity contribution in [2.45, 2.75) is 44.2 Å². The number of rotatable bonds is 3. The quantitative estimate of drug-likeness (QED) is 0.795. The van der Waals surface area contributed by atoms with Crippen LogP contribution in [0.1, 0.15) is 37.9 Å². The molecule has 0 bridgehead atoms. The van der Waals surface area contributed by atoms with Gasteiger partial charge in [-0.3, -0.25) is 0 Å². The van der Waals surface area contributed by atoms with Crippen molar-refractivity contribution in [3.63, 3.8) is 0 Å². The summed E-state index contributed by atoms with van der Waals surface area (Å²) in [5.41, 5.74) is 0.180. The second-order valence-corrected chi connectivity index (χ2v) is 6.46. The number of hydrogen-bond donors (Lipinski definition) is 0. The van der Waals surface area contributed by atoms with E-state index in [4.69, 9.17) is 16.3 Å². The molecule has 114 valence electrons. The van der Waals surface area contributed by atoms with Crippen LogP contribution >= 0.6 is 11.6 Å². The SMILES string of the molecule is CC(Cl)c1nc2ccc(F)c(F)c2n1CC1(C)CCCO1. The first kappa shape index (κ1) is 14.7. The zero-order valence-corrected chi connectivity index (χ0v) is 12.8. The summed E-state index contributed by atoms with van der Waals surface area (Å²) in [5, 5.41) is -0.398. The van der Waals surface area contributed by atoms with Gasteiger partial charge in [-0.2, -0.15) is 0 Å². The van der Waals surface area contributed by atoms with Crippen molar-refractivity contribution in [2.24, 2.45) is 0 Å². The van der Waals surface area contributed by atoms with E-state index < -0.39 is 22.6 Å². The van der Waals surface area contributed by atoms with Gasteiger partial charge in [0.05, 0.1) is 23.0 Å². The standard InChI is InChI=1S/C15H17ClF2N2O/c1-9(16)14-19-11-5-4-10(17)12(18)13(11)20(14)8-15(2)6-3-7-21-15/h4-5,9H,3,6-8H2,1-2H3. The van der Waals surface area contributed by atoms with Crippen LogP contribution in [0.3, 0.4) is 0 Å². The zero-order chi connectivity index (χ0) is 15.2. The highest BCUT2D eigenvalue weighted by Crippen LogP contribution is 2.33. The lowest BCUT2D eigenvalue weighted by molar-refractivity contribution is 0.00640. The molecule has 0 amide bonds. The number of alkyl halides is 1. The average molecular weight is 315 g/mol. The fraction of sp³-hybridized carbons (Fsp3) is 0.533. The Balaban J connectivity index is 2.17. The van der Waals surface area contributed by atoms with Gasteiger partial charge in [0.25, 0.3) is 0 Å². The van der Waals surface area contributed by atoms with E-state index in [1.807, 2.05) is 6.92 Å². The van der Waals surface area contributed by atoms with E-state index >= 15 is 0 Å². The molecule has 6 heteroatoms. The smallest absolute Gasteiger partial charge is 0.184 e. The first-order chi connectivity index (χ1) is 9.91. The Bertz CT molecular complexity index is 678. The van der Waals surface area contributed by atoms with Crippen LogP contribution in [0.15, 0.2) is 12.1 Å². The Labute approximate surface area is 126 Å². The summed E-state index contributed by atoms with van der Waals surface area (Å²) in [6.07, 6.45) is 1.84. The molecule has 3 nitrogen and oxygen atoms in total. The fourth-order valence-electron chi connectivity index (χ4n) is 2.93. The van der Waals surface area contributed by atoms with Gasteiger partial charge in [-0.15, -0.1) is 11.6 Å². The maximum Gasteiger partial charge on any atom is 0.184 e. The lowest BCUT2D eigenvalue weighted by Gasteiger charge is -2.25. The molecule has 2 unspecified atom stereocenters. The minimum atomic E-state index is -0.884. The van der Waals surface area contributed by atoms with Crippen molar-refractivity contribution in [2.75, 3.05) is 6.61 Å². The van der Waals surface area contributed by atoms with Crippen LogP contribution in [0, 0.1) is 11.6 Å². The fourth-order valence-corrected chi connectivity index (χ4v) is 3.10. The number of benzene rings is 1. The van der Waals surface area contributed by atoms with Gasteiger partial charge in [0.15, 0.2) is 11.6 Å². The lowest BCUT2D eigenvalue weighted by atomic mass is 10.0. The normalized spacial score (nSPS) is 23.9. The van der Waals surface area contributed by atoms with Crippen molar-refractivity contribution in [3.8, 4) is 0 Å². The van der Waals surface area contributed by atoms with Crippen LogP contribution in [0.5, 0.6) is 0 Å². The Morgan fingerprint density at radius 3 is 2.86 bits per heavy atom. The van der Waals surface area contributed by atoms with Gasteiger partial charge >= 0.3 is 0 Å². The van der Waals surface area contributed by atoms with E-state index in [1.54, 1.807) is 11.5 Å². The number of halogens is 3. The molecule has 0 saturated carbocycles. The van der Waals surface area contributed by atoms with E-state index in [-0.39, 0.29) is 5.52 Å². The molecule has 1 aromatic heterocycles. The summed E-state index contributed by atoms with van der Waals surface area (Å²) in [5.74, 6) is -1.23. The maximum atomic E-state index is 14.2. The second kappa shape index (κ2) is 5.21. The van der Waals surface area contributed by atoms with Crippen LogP contribution in [-0.2, 0) is 11.3 Å². The van der Waals surface area contributed by atoms with Gasteiger partial charge < -0.3 is 9.30 Å². The average Bonchev–Trinajstić information content (AvgIpc) is 2.99. The monoisotopic (exact) mass is 314 g/mol. The largest absolute Gasteiger partial charge is 0.373 e. The first-order valence-electron chi connectivity index (χ1n) is 7.03. The Kier molecular flexibility index (Phi) is 3.66. The highest BCUT2D eigenvalue weighted by molar-refractivity contribution is 6.20. The van der Waals surface area contributed by atoms with E-state index in [2.05, 4.69) is 4.98 Å². The predicted octanol–water partition coefficient (Wildman–Crippen LogP) is 4.18. The van der Waals surface area contributed by atoms with E-state index in [0.717, 1.165) is 18.9 Å². The van der Waals surface area contributed by atoms with Crippen LogP contribution in [0.4, 0.5) is 8.78 Å². The van der Waals surface area contributed by atoms with Crippen LogP contribution in [0.25, 0.3) is 11.0 Å². The molecule has 1 aromatic carbocycles. The maximum absolute atomic E-state index is 14.2. The molecule has 21 heavy (non-hydrogen) atoms. The van der Waals surface area contributed by atoms with Crippen molar-refractivity contribution in [1.29, 1.82) is 0 Å². The Hall–Kier alpha value is -1.20. The van der Waals surface area contributed by atoms with Crippen molar-refractivity contribution < 1.29 is 13.5 Å². The number of nitrogens with zero attached hydrogens (tertiary/aromatic N) is 2. The van der Waals surface area contributed by atoms with Crippen LogP contribution in [-0.4, -0.2) is 21.8 Å². The third-order valence-electron chi connectivity index (χ3n) is 3.98. The van der Waals surface area contributed by atoms with Gasteiger partial charge in [-0.25, -0.2) is 13.8 Å². The molecule has 0 N–H and O–H groups in total. The van der Waals surface area contributed by atoms with Crippen LogP contribution in [0.2, 0.25) is 0 Å². The number of hydrogen-bond acceptors (Lipinski definition) is 2. The van der Waals surface area contributed by atoms with E-state index in [9.17, 15) is 8.78 Å². The van der Waals surface area contributed by atoms with E-state index in [1.165, 1.54) is 6.07 Å². The third kappa shape index (κ3) is 2.53. The minimum absolute atomic E-state index is 0.161. The molecule has 0 radical (unpaired) electrons. The molecule has 1 saturated heterocycles. The topological polar surface area (TPSA) is 27.1 Å². The molecule has 0 spiro atoms. The molecule has 1 aliphatic rings. The number of aromatic nitrogens is 2. The van der Waals surface area contributed by atoms with Crippen LogP contribution < -0.4 is 0 Å². The second-order valence-electron chi connectivity index (χ2n) is 5.80. The minimum Gasteiger partial charge on any atom is -0.373 e. The summed E-state index contributed by atoms with van der Waals surface area (Å²) in [4.78, 5) is 4.36. The molecule has 2 heterocycles. The molecule has 1 fully saturated rings. The van der Waals surface area contributed by atoms with Crippen molar-refractivity contribution in [3.05, 3.63) is 29.6 Å². The zero-order valence-electron chi connectivity index (χ0n) is 12.0. The first-order valence-corrected chi connectivity index (χ1v) is 7.47. The van der Waals surface area contributed by atoms with Gasteiger partial charge in [0, 0.05) is 6.61 Å². The highest BCUT2D eigenvalue weighted by Gasteiger charge is 2.33. The number of fused-ring (bicyclic) bond motifs is 1. The molecule has 2 atom stereocenters. The predicted molar refractivity (Wildman–Crippen MR) is 77.5 cm³/mol. The number of imidazole rings is 1. The van der Waals surface area contributed by atoms with Gasteiger partial charge in [0.1, 0.15) is 11.3 Å². The highest BCUT2D eigenvalue weighted by atomic mass is 35.5. The molecule has 1 aliphatic heterocycles. The summed E-state index contributed by atoms with van der Waals surface area (Å²) >= 11 is 6.16. The lowest BCUT2D eigenvalue weighted by Crippen LogP contribution is -2.30. The van der Waals surface area contributed by atoms with Crippen molar-refractivity contribution >= 4 is 22.6 Å². The summed E-state index contributed by atoms with van der Waals surface area (Å²) < 4.78 is 35.2. The summed E-state index contributed by atoms with van der Waals surface area (Å²) in [6.45, 7) is 4.85. The molecule has 0 aliphatic carbocycles. The number of ether oxygens (including phenoxy) is 1. The Morgan fingerprint density at radius 2 is 2.24 bits per heavy atom.